The molecule has 0 aliphatic carbocycles. The second-order valence-electron chi connectivity index (χ2n) is 1.28. The Bertz CT molecular complexity index is 122. The molecule has 0 atom stereocenters. The lowest BCUT2D eigenvalue weighted by molar-refractivity contribution is 1.46. The first-order valence-corrected chi connectivity index (χ1v) is 2.88. The van der Waals surface area contributed by atoms with E-state index in [0.29, 0.717) is 10.2 Å². The van der Waals surface area contributed by atoms with Crippen molar-refractivity contribution in [3.8, 4) is 0 Å². The molecule has 0 saturated heterocycles. The smallest absolute Gasteiger partial charge is 0.124 e. The molecular weight excluding hydrogens is 145 g/mol. The fourth-order valence-electron chi connectivity index (χ4n) is 0.229. The molecule has 3 heteroatoms. The number of halogens is 2. The summed E-state index contributed by atoms with van der Waals surface area (Å²) in [6, 6.07) is 0. The first-order valence-electron chi connectivity index (χ1n) is 2.13. The Morgan fingerprint density at radius 1 is 1.50 bits per heavy atom. The van der Waals surface area contributed by atoms with Crippen LogP contribution >= 0.6 is 23.2 Å². The molecule has 0 spiro atoms. The van der Waals surface area contributed by atoms with Crippen molar-refractivity contribution >= 4 is 28.4 Å². The highest BCUT2D eigenvalue weighted by atomic mass is 35.5. The topological polar surface area (TPSA) is 12.4 Å². The molecular formula is C5H7Cl2N. The van der Waals surface area contributed by atoms with E-state index in [4.69, 9.17) is 23.2 Å². The van der Waals surface area contributed by atoms with Crippen LogP contribution in [-0.4, -0.2) is 12.2 Å². The van der Waals surface area contributed by atoms with E-state index in [1.165, 1.54) is 0 Å². The molecule has 0 rings (SSSR count). The van der Waals surface area contributed by atoms with Gasteiger partial charge in [-0.1, -0.05) is 23.2 Å². The molecule has 0 heterocycles. The van der Waals surface area contributed by atoms with E-state index in [9.17, 15) is 0 Å². The minimum atomic E-state index is 0.428. The average Bonchev–Trinajstić information content (AvgIpc) is 1.65. The fourth-order valence-corrected chi connectivity index (χ4v) is 0.552. The summed E-state index contributed by atoms with van der Waals surface area (Å²) in [7, 11) is 1.61. The number of allylic oxidation sites excluding steroid dienone is 2. The van der Waals surface area contributed by atoms with Gasteiger partial charge in [0.25, 0.3) is 0 Å². The van der Waals surface area contributed by atoms with Gasteiger partial charge >= 0.3 is 0 Å². The zero-order chi connectivity index (χ0) is 6.57. The van der Waals surface area contributed by atoms with E-state index in [1.54, 1.807) is 20.0 Å². The maximum absolute atomic E-state index is 5.45. The lowest BCUT2D eigenvalue weighted by Crippen LogP contribution is -1.77. The molecule has 0 unspecified atom stereocenters. The van der Waals surface area contributed by atoms with Gasteiger partial charge in [0.05, 0.1) is 0 Å². The number of rotatable bonds is 1. The summed E-state index contributed by atoms with van der Waals surface area (Å²) in [5.74, 6) is 0. The van der Waals surface area contributed by atoms with E-state index < -0.39 is 0 Å². The molecule has 0 aromatic heterocycles. The highest BCUT2D eigenvalue weighted by Crippen LogP contribution is 1.99. The van der Waals surface area contributed by atoms with Crippen molar-refractivity contribution in [2.24, 2.45) is 4.99 Å². The van der Waals surface area contributed by atoms with Gasteiger partial charge in [-0.05, 0) is 13.0 Å². The van der Waals surface area contributed by atoms with Crippen LogP contribution in [0.1, 0.15) is 6.92 Å². The van der Waals surface area contributed by atoms with Gasteiger partial charge in [0.1, 0.15) is 5.17 Å². The summed E-state index contributed by atoms with van der Waals surface area (Å²) in [4.78, 5) is 3.65. The quantitative estimate of drug-likeness (QED) is 0.511. The van der Waals surface area contributed by atoms with Crippen LogP contribution in [0.3, 0.4) is 0 Å². The maximum atomic E-state index is 5.45. The van der Waals surface area contributed by atoms with Crippen molar-refractivity contribution in [2.75, 3.05) is 7.05 Å². The molecule has 0 aliphatic rings. The highest BCUT2D eigenvalue weighted by molar-refractivity contribution is 6.68. The van der Waals surface area contributed by atoms with Gasteiger partial charge < -0.3 is 0 Å². The molecule has 46 valence electrons. The molecule has 0 amide bonds. The van der Waals surface area contributed by atoms with Gasteiger partial charge in [-0.3, -0.25) is 4.99 Å². The average molecular weight is 152 g/mol. The molecule has 0 aliphatic heterocycles. The van der Waals surface area contributed by atoms with Crippen LogP contribution in [0.2, 0.25) is 0 Å². The van der Waals surface area contributed by atoms with Gasteiger partial charge in [-0.2, -0.15) is 0 Å². The fraction of sp³-hybridized carbons (Fsp3) is 0.400. The standard InChI is InChI=1S/C5H7Cl2N/c1-4(6)3-5(7)8-2/h3H,1-2H3/b4-3+,8-5+. The van der Waals surface area contributed by atoms with E-state index in [2.05, 4.69) is 4.99 Å². The van der Waals surface area contributed by atoms with Gasteiger partial charge in [0.2, 0.25) is 0 Å². The summed E-state index contributed by atoms with van der Waals surface area (Å²) in [5.41, 5.74) is 0. The highest BCUT2D eigenvalue weighted by Gasteiger charge is 1.83. The minimum absolute atomic E-state index is 0.428. The lowest BCUT2D eigenvalue weighted by atomic mass is 10.5. The largest absolute Gasteiger partial charge is 0.276 e. The van der Waals surface area contributed by atoms with Gasteiger partial charge in [-0.15, -0.1) is 0 Å². The van der Waals surface area contributed by atoms with Crippen LogP contribution in [0.5, 0.6) is 0 Å². The maximum Gasteiger partial charge on any atom is 0.124 e. The van der Waals surface area contributed by atoms with Crippen molar-refractivity contribution in [1.29, 1.82) is 0 Å². The van der Waals surface area contributed by atoms with Gasteiger partial charge in [0.15, 0.2) is 0 Å². The van der Waals surface area contributed by atoms with Crippen LogP contribution in [0.4, 0.5) is 0 Å². The van der Waals surface area contributed by atoms with Crippen molar-refractivity contribution in [2.45, 2.75) is 6.92 Å². The van der Waals surface area contributed by atoms with E-state index in [0.717, 1.165) is 0 Å². The Balaban J connectivity index is 3.89. The third-order valence-corrected chi connectivity index (χ3v) is 0.919. The van der Waals surface area contributed by atoms with Crippen LogP contribution in [0.25, 0.3) is 0 Å². The van der Waals surface area contributed by atoms with Crippen LogP contribution < -0.4 is 0 Å². The van der Waals surface area contributed by atoms with Crippen molar-refractivity contribution in [3.63, 3.8) is 0 Å². The van der Waals surface area contributed by atoms with Gasteiger partial charge in [-0.25, -0.2) is 0 Å². The summed E-state index contributed by atoms with van der Waals surface area (Å²) in [5, 5.41) is 1.07. The molecule has 0 N–H and O–H groups in total. The van der Waals surface area contributed by atoms with Crippen LogP contribution in [0.15, 0.2) is 16.1 Å². The van der Waals surface area contributed by atoms with E-state index in [1.807, 2.05) is 0 Å². The molecule has 1 nitrogen and oxygen atoms in total. The van der Waals surface area contributed by atoms with E-state index in [-0.39, 0.29) is 0 Å². The summed E-state index contributed by atoms with van der Waals surface area (Å²) < 4.78 is 0. The molecule has 8 heavy (non-hydrogen) atoms. The lowest BCUT2D eigenvalue weighted by Gasteiger charge is -1.83. The Hall–Kier alpha value is -0.0100. The zero-order valence-electron chi connectivity index (χ0n) is 4.78. The molecule has 0 aromatic rings. The molecule has 0 aromatic carbocycles. The predicted octanol–water partition coefficient (Wildman–Crippen LogP) is 2.40. The van der Waals surface area contributed by atoms with Crippen LogP contribution in [-0.2, 0) is 0 Å². The molecule has 0 bridgehead atoms. The normalized spacial score (nSPS) is 14.5. The predicted molar refractivity (Wildman–Crippen MR) is 38.8 cm³/mol. The summed E-state index contributed by atoms with van der Waals surface area (Å²) in [6.45, 7) is 1.75. The minimum Gasteiger partial charge on any atom is -0.276 e. The SMILES string of the molecule is C/N=C(Cl)\C=C(/C)Cl. The Morgan fingerprint density at radius 2 is 2.00 bits per heavy atom. The monoisotopic (exact) mass is 151 g/mol. The van der Waals surface area contributed by atoms with Gasteiger partial charge in [0, 0.05) is 12.1 Å². The second kappa shape index (κ2) is 3.93. The molecule has 0 saturated carbocycles. The number of nitrogens with zero attached hydrogens (tertiary/aromatic N) is 1. The summed E-state index contributed by atoms with van der Waals surface area (Å²) in [6.07, 6.45) is 1.59. The molecule has 0 fully saturated rings. The zero-order valence-corrected chi connectivity index (χ0v) is 6.29. The van der Waals surface area contributed by atoms with Crippen molar-refractivity contribution in [3.05, 3.63) is 11.1 Å². The third kappa shape index (κ3) is 4.16. The number of hydrogen-bond donors (Lipinski definition) is 0. The Morgan fingerprint density at radius 3 is 2.12 bits per heavy atom. The first-order chi connectivity index (χ1) is 3.66. The first kappa shape index (κ1) is 7.99. The van der Waals surface area contributed by atoms with Crippen molar-refractivity contribution in [1.82, 2.24) is 0 Å². The van der Waals surface area contributed by atoms with Crippen LogP contribution in [0, 0.1) is 0 Å². The van der Waals surface area contributed by atoms with Crippen molar-refractivity contribution < 1.29 is 0 Å². The Kier molecular flexibility index (Phi) is 3.92. The number of hydrogen-bond acceptors (Lipinski definition) is 1. The number of aliphatic imine (C=N–C) groups is 1. The van der Waals surface area contributed by atoms with E-state index >= 15 is 0 Å². The third-order valence-electron chi connectivity index (χ3n) is 0.532. The Labute approximate surface area is 59.0 Å². The summed E-state index contributed by atoms with van der Waals surface area (Å²) >= 11 is 10.9. The molecule has 0 radical (unpaired) electrons. The second-order valence-corrected chi connectivity index (χ2v) is 2.26.